The highest BCUT2D eigenvalue weighted by molar-refractivity contribution is 7.12. The Kier molecular flexibility index (Phi) is 4.15. The molecule has 0 aliphatic carbocycles. The predicted octanol–water partition coefficient (Wildman–Crippen LogP) is 4.26. The molecule has 1 saturated heterocycles. The number of fused-ring (bicyclic) bond motifs is 2. The van der Waals surface area contributed by atoms with Crippen LogP contribution in [0.2, 0.25) is 0 Å². The summed E-state index contributed by atoms with van der Waals surface area (Å²) in [5.74, 6) is -1.39. The Hall–Kier alpha value is -2.83. The molecule has 1 unspecified atom stereocenters. The van der Waals surface area contributed by atoms with Gasteiger partial charge in [-0.2, -0.15) is 0 Å². The first-order valence-electron chi connectivity index (χ1n) is 9.49. The number of hydrogen-bond acceptors (Lipinski definition) is 4. The van der Waals surface area contributed by atoms with Crippen LogP contribution in [0.5, 0.6) is 0 Å². The van der Waals surface area contributed by atoms with Gasteiger partial charge < -0.3 is 5.32 Å². The molecule has 3 aromatic rings. The average Bonchev–Trinajstić information content (AvgIpc) is 3.42. The van der Waals surface area contributed by atoms with E-state index in [1.54, 1.807) is 18.2 Å². The third-order valence-corrected chi connectivity index (χ3v) is 7.09. The molecule has 1 N–H and O–H groups in total. The molecular formula is C23H19FN2O2S. The van der Waals surface area contributed by atoms with Crippen LogP contribution in [0.3, 0.4) is 0 Å². The average molecular weight is 406 g/mol. The van der Waals surface area contributed by atoms with E-state index in [1.807, 2.05) is 47.7 Å². The SMILES string of the molecule is CN1C[C@H](c2ccc(F)cc2)C(C(=O)c2cccs2)[C@]12C(=O)Nc1ccccc12. The zero-order valence-corrected chi connectivity index (χ0v) is 16.6. The third-order valence-electron chi connectivity index (χ3n) is 6.20. The van der Waals surface area contributed by atoms with Crippen LogP contribution in [0.1, 0.15) is 26.7 Å². The van der Waals surface area contributed by atoms with Gasteiger partial charge in [0.2, 0.25) is 5.91 Å². The number of carbonyl (C=O) groups is 2. The lowest BCUT2D eigenvalue weighted by atomic mass is 9.71. The maximum Gasteiger partial charge on any atom is 0.250 e. The molecule has 2 aliphatic rings. The lowest BCUT2D eigenvalue weighted by molar-refractivity contribution is -0.126. The first-order valence-corrected chi connectivity index (χ1v) is 10.4. The molecule has 1 spiro atoms. The van der Waals surface area contributed by atoms with Gasteiger partial charge in [-0.15, -0.1) is 11.3 Å². The number of amides is 1. The van der Waals surface area contributed by atoms with Gasteiger partial charge in [0, 0.05) is 23.7 Å². The van der Waals surface area contributed by atoms with Crippen molar-refractivity contribution in [3.63, 3.8) is 0 Å². The van der Waals surface area contributed by atoms with Crippen LogP contribution in [0.15, 0.2) is 66.0 Å². The fourth-order valence-corrected chi connectivity index (χ4v) is 5.68. The van der Waals surface area contributed by atoms with Gasteiger partial charge in [-0.25, -0.2) is 4.39 Å². The molecule has 0 bridgehead atoms. The van der Waals surface area contributed by atoms with Crippen molar-refractivity contribution in [1.82, 2.24) is 4.90 Å². The molecule has 0 saturated carbocycles. The normalized spacial score (nSPS) is 25.9. The number of para-hydroxylation sites is 1. The molecule has 1 aromatic heterocycles. The van der Waals surface area contributed by atoms with Gasteiger partial charge >= 0.3 is 0 Å². The third kappa shape index (κ3) is 2.52. The number of benzene rings is 2. The molecule has 3 atom stereocenters. The van der Waals surface area contributed by atoms with Crippen LogP contribution in [-0.4, -0.2) is 30.2 Å². The van der Waals surface area contributed by atoms with Crippen LogP contribution in [0.4, 0.5) is 10.1 Å². The van der Waals surface area contributed by atoms with Gasteiger partial charge in [-0.3, -0.25) is 14.5 Å². The summed E-state index contributed by atoms with van der Waals surface area (Å²) in [5.41, 5.74) is 1.35. The summed E-state index contributed by atoms with van der Waals surface area (Å²) in [7, 11) is 1.89. The van der Waals surface area contributed by atoms with Crippen LogP contribution in [0, 0.1) is 11.7 Å². The highest BCUT2D eigenvalue weighted by atomic mass is 32.1. The summed E-state index contributed by atoms with van der Waals surface area (Å²) in [5, 5.41) is 4.85. The second-order valence-corrected chi connectivity index (χ2v) is 8.57. The largest absolute Gasteiger partial charge is 0.324 e. The Bertz CT molecular complexity index is 1100. The van der Waals surface area contributed by atoms with E-state index >= 15 is 0 Å². The summed E-state index contributed by atoms with van der Waals surface area (Å²) in [4.78, 5) is 29.8. The number of Topliss-reactive ketones (excluding diaryl/α,β-unsaturated/α-hetero) is 1. The van der Waals surface area contributed by atoms with E-state index in [0.717, 1.165) is 16.8 Å². The zero-order valence-electron chi connectivity index (χ0n) is 15.8. The van der Waals surface area contributed by atoms with Crippen molar-refractivity contribution in [2.45, 2.75) is 11.5 Å². The number of nitrogens with zero attached hydrogens (tertiary/aromatic N) is 1. The number of carbonyl (C=O) groups excluding carboxylic acids is 2. The minimum Gasteiger partial charge on any atom is -0.324 e. The lowest BCUT2D eigenvalue weighted by Gasteiger charge is -2.35. The fourth-order valence-electron chi connectivity index (χ4n) is 4.98. The Morgan fingerprint density at radius 2 is 1.90 bits per heavy atom. The molecule has 29 heavy (non-hydrogen) atoms. The summed E-state index contributed by atoms with van der Waals surface area (Å²) >= 11 is 1.38. The summed E-state index contributed by atoms with van der Waals surface area (Å²) in [6.45, 7) is 0.523. The summed E-state index contributed by atoms with van der Waals surface area (Å²) < 4.78 is 13.5. The minimum atomic E-state index is -1.09. The topological polar surface area (TPSA) is 49.4 Å². The number of ketones is 1. The fraction of sp³-hybridized carbons (Fsp3) is 0.217. The molecule has 5 rings (SSSR count). The molecule has 0 radical (unpaired) electrons. The van der Waals surface area contributed by atoms with E-state index in [1.165, 1.54) is 23.5 Å². The second-order valence-electron chi connectivity index (χ2n) is 7.62. The number of halogens is 1. The number of likely N-dealkylation sites (N-methyl/N-ethyl adjacent to an activating group) is 1. The van der Waals surface area contributed by atoms with Gasteiger partial charge in [0.1, 0.15) is 11.4 Å². The Labute approximate surface area is 172 Å². The van der Waals surface area contributed by atoms with E-state index in [9.17, 15) is 14.0 Å². The van der Waals surface area contributed by atoms with Gasteiger partial charge in [0.25, 0.3) is 0 Å². The van der Waals surface area contributed by atoms with E-state index in [0.29, 0.717) is 11.4 Å². The Morgan fingerprint density at radius 3 is 2.62 bits per heavy atom. The molecule has 4 nitrogen and oxygen atoms in total. The van der Waals surface area contributed by atoms with E-state index < -0.39 is 11.5 Å². The maximum absolute atomic E-state index is 13.8. The second kappa shape index (κ2) is 6.61. The van der Waals surface area contributed by atoms with E-state index in [4.69, 9.17) is 0 Å². The summed E-state index contributed by atoms with van der Waals surface area (Å²) in [6.07, 6.45) is 0. The maximum atomic E-state index is 13.8. The standard InChI is InChI=1S/C23H19FN2O2S/c1-26-13-16(14-8-10-15(24)11-9-14)20(21(27)19-7-4-12-29-19)23(26)17-5-2-3-6-18(17)25-22(23)28/h2-12,16,20H,13H2,1H3,(H,25,28)/t16-,20?,23-/m1/s1. The highest BCUT2D eigenvalue weighted by Gasteiger charge is 2.64. The molecule has 2 aliphatic heterocycles. The predicted molar refractivity (Wildman–Crippen MR) is 111 cm³/mol. The van der Waals surface area contributed by atoms with Crippen molar-refractivity contribution in [2.24, 2.45) is 5.92 Å². The quantitative estimate of drug-likeness (QED) is 0.661. The van der Waals surface area contributed by atoms with Crippen LogP contribution >= 0.6 is 11.3 Å². The van der Waals surface area contributed by atoms with Crippen molar-refractivity contribution in [3.8, 4) is 0 Å². The van der Waals surface area contributed by atoms with Crippen molar-refractivity contribution in [1.29, 1.82) is 0 Å². The zero-order chi connectivity index (χ0) is 20.2. The molecule has 146 valence electrons. The number of thiophene rings is 1. The first-order chi connectivity index (χ1) is 14.0. The van der Waals surface area contributed by atoms with E-state index in [-0.39, 0.29) is 23.4 Å². The van der Waals surface area contributed by atoms with Crippen molar-refractivity contribution in [2.75, 3.05) is 18.9 Å². The van der Waals surface area contributed by atoms with Gasteiger partial charge in [0.15, 0.2) is 5.78 Å². The number of hydrogen-bond donors (Lipinski definition) is 1. The van der Waals surface area contributed by atoms with Crippen LogP contribution in [-0.2, 0) is 10.3 Å². The van der Waals surface area contributed by atoms with E-state index in [2.05, 4.69) is 5.32 Å². The van der Waals surface area contributed by atoms with Gasteiger partial charge in [0.05, 0.1) is 10.8 Å². The molecule has 1 fully saturated rings. The molecular weight excluding hydrogens is 387 g/mol. The van der Waals surface area contributed by atoms with Crippen molar-refractivity contribution in [3.05, 3.63) is 87.9 Å². The number of nitrogens with one attached hydrogen (secondary N) is 1. The van der Waals surface area contributed by atoms with Crippen molar-refractivity contribution >= 4 is 28.7 Å². The number of likely N-dealkylation sites (tertiary alicyclic amines) is 1. The monoisotopic (exact) mass is 406 g/mol. The Balaban J connectivity index is 1.73. The van der Waals surface area contributed by atoms with Crippen LogP contribution in [0.25, 0.3) is 0 Å². The molecule has 6 heteroatoms. The highest BCUT2D eigenvalue weighted by Crippen LogP contribution is 2.55. The first kappa shape index (κ1) is 18.2. The molecule has 3 heterocycles. The number of rotatable bonds is 3. The lowest BCUT2D eigenvalue weighted by Crippen LogP contribution is -2.51. The van der Waals surface area contributed by atoms with Crippen molar-refractivity contribution < 1.29 is 14.0 Å². The molecule has 1 amide bonds. The summed E-state index contributed by atoms with van der Waals surface area (Å²) in [6, 6.07) is 17.5. The van der Waals surface area contributed by atoms with Gasteiger partial charge in [-0.1, -0.05) is 36.4 Å². The Morgan fingerprint density at radius 1 is 1.14 bits per heavy atom. The van der Waals surface area contributed by atoms with Crippen LogP contribution < -0.4 is 5.32 Å². The number of anilines is 1. The van der Waals surface area contributed by atoms with Gasteiger partial charge in [-0.05, 0) is 42.3 Å². The minimum absolute atomic E-state index is 0.0504. The smallest absolute Gasteiger partial charge is 0.250 e. The molecule has 2 aromatic carbocycles.